The Labute approximate surface area is 86.5 Å². The largest absolute Gasteiger partial charge is 0.392 e. The fraction of sp³-hybridized carbons (Fsp3) is 1.00. The summed E-state index contributed by atoms with van der Waals surface area (Å²) >= 11 is 0. The van der Waals surface area contributed by atoms with Crippen LogP contribution in [0.15, 0.2) is 0 Å². The van der Waals surface area contributed by atoms with E-state index >= 15 is 0 Å². The Bertz CT molecular complexity index is 161. The van der Waals surface area contributed by atoms with Gasteiger partial charge in [-0.1, -0.05) is 13.8 Å². The first-order valence-corrected chi connectivity index (χ1v) is 5.69. The van der Waals surface area contributed by atoms with E-state index in [2.05, 4.69) is 19.2 Å². The van der Waals surface area contributed by atoms with Gasteiger partial charge in [-0.15, -0.1) is 0 Å². The van der Waals surface area contributed by atoms with E-state index in [4.69, 9.17) is 0 Å². The van der Waals surface area contributed by atoms with Crippen LogP contribution in [0.5, 0.6) is 0 Å². The molecule has 1 fully saturated rings. The molecule has 0 aliphatic heterocycles. The molecule has 3 atom stereocenters. The molecule has 0 spiro atoms. The third kappa shape index (κ3) is 3.95. The van der Waals surface area contributed by atoms with Crippen LogP contribution in [0.1, 0.15) is 39.5 Å². The topological polar surface area (TPSA) is 52.5 Å². The van der Waals surface area contributed by atoms with Crippen LogP contribution < -0.4 is 5.32 Å². The van der Waals surface area contributed by atoms with Crippen molar-refractivity contribution < 1.29 is 10.2 Å². The van der Waals surface area contributed by atoms with Crippen molar-refractivity contribution in [3.63, 3.8) is 0 Å². The second-order valence-electron chi connectivity index (χ2n) is 4.80. The van der Waals surface area contributed by atoms with Crippen molar-refractivity contribution in [3.8, 4) is 0 Å². The van der Waals surface area contributed by atoms with Gasteiger partial charge in [0.05, 0.1) is 12.2 Å². The summed E-state index contributed by atoms with van der Waals surface area (Å²) < 4.78 is 0. The van der Waals surface area contributed by atoms with Crippen molar-refractivity contribution in [3.05, 3.63) is 0 Å². The molecule has 0 saturated heterocycles. The van der Waals surface area contributed by atoms with Crippen LogP contribution in [0, 0.1) is 5.92 Å². The summed E-state index contributed by atoms with van der Waals surface area (Å²) in [6.45, 7) is 4.82. The van der Waals surface area contributed by atoms with Gasteiger partial charge in [-0.05, 0) is 31.6 Å². The number of nitrogens with one attached hydrogen (secondary N) is 1. The lowest BCUT2D eigenvalue weighted by Gasteiger charge is -2.20. The minimum absolute atomic E-state index is 0.205. The van der Waals surface area contributed by atoms with Gasteiger partial charge >= 0.3 is 0 Å². The summed E-state index contributed by atoms with van der Waals surface area (Å²) in [5.41, 5.74) is 0. The van der Waals surface area contributed by atoms with E-state index < -0.39 is 0 Å². The lowest BCUT2D eigenvalue weighted by molar-refractivity contribution is 0.116. The fourth-order valence-corrected chi connectivity index (χ4v) is 2.09. The Hall–Kier alpha value is -0.120. The van der Waals surface area contributed by atoms with Gasteiger partial charge < -0.3 is 15.5 Å². The van der Waals surface area contributed by atoms with Crippen molar-refractivity contribution in [2.24, 2.45) is 5.92 Å². The highest BCUT2D eigenvalue weighted by atomic mass is 16.3. The first kappa shape index (κ1) is 12.0. The van der Waals surface area contributed by atoms with Gasteiger partial charge in [0, 0.05) is 12.6 Å². The summed E-state index contributed by atoms with van der Waals surface area (Å²) in [6.07, 6.45) is 3.38. The third-order valence-electron chi connectivity index (χ3n) is 2.84. The minimum atomic E-state index is -0.275. The second-order valence-corrected chi connectivity index (χ2v) is 4.80. The molecule has 84 valence electrons. The molecule has 1 aliphatic carbocycles. The summed E-state index contributed by atoms with van der Waals surface area (Å²) in [4.78, 5) is 0. The Morgan fingerprint density at radius 1 is 1.36 bits per heavy atom. The molecule has 1 unspecified atom stereocenters. The summed E-state index contributed by atoms with van der Waals surface area (Å²) in [5.74, 6) is 0.528. The van der Waals surface area contributed by atoms with E-state index in [1.807, 2.05) is 0 Å². The predicted molar refractivity (Wildman–Crippen MR) is 57.1 cm³/mol. The van der Waals surface area contributed by atoms with Gasteiger partial charge in [-0.2, -0.15) is 0 Å². The molecule has 3 N–H and O–H groups in total. The zero-order valence-corrected chi connectivity index (χ0v) is 9.24. The van der Waals surface area contributed by atoms with E-state index in [-0.39, 0.29) is 18.2 Å². The summed E-state index contributed by atoms with van der Waals surface area (Å²) in [5, 5.41) is 22.4. The Kier molecular flexibility index (Phi) is 4.85. The molecule has 3 nitrogen and oxygen atoms in total. The number of hydrogen-bond donors (Lipinski definition) is 3. The predicted octanol–water partition coefficient (Wildman–Crippen LogP) is 0.896. The van der Waals surface area contributed by atoms with Crippen molar-refractivity contribution in [1.82, 2.24) is 5.32 Å². The second kappa shape index (κ2) is 5.69. The van der Waals surface area contributed by atoms with Gasteiger partial charge in [0.2, 0.25) is 0 Å². The van der Waals surface area contributed by atoms with Crippen LogP contribution in [-0.4, -0.2) is 35.0 Å². The molecular formula is C11H23NO2. The molecule has 0 heterocycles. The zero-order valence-electron chi connectivity index (χ0n) is 9.24. The highest BCUT2D eigenvalue weighted by Gasteiger charge is 2.24. The molecule has 0 bridgehead atoms. The summed E-state index contributed by atoms with van der Waals surface area (Å²) in [6, 6.07) is 0.205. The van der Waals surface area contributed by atoms with Crippen LogP contribution in [-0.2, 0) is 0 Å². The van der Waals surface area contributed by atoms with Gasteiger partial charge in [0.1, 0.15) is 0 Å². The highest BCUT2D eigenvalue weighted by molar-refractivity contribution is 4.83. The third-order valence-corrected chi connectivity index (χ3v) is 2.84. The molecule has 0 radical (unpaired) electrons. The molecule has 0 aromatic heterocycles. The fourth-order valence-electron chi connectivity index (χ4n) is 2.09. The Morgan fingerprint density at radius 2 is 2.07 bits per heavy atom. The number of rotatable bonds is 5. The maximum atomic E-state index is 9.62. The maximum absolute atomic E-state index is 9.62. The first-order chi connectivity index (χ1) is 6.59. The highest BCUT2D eigenvalue weighted by Crippen LogP contribution is 2.18. The Morgan fingerprint density at radius 3 is 2.57 bits per heavy atom. The lowest BCUT2D eigenvalue weighted by atomic mass is 10.1. The van der Waals surface area contributed by atoms with Crippen LogP contribution in [0.4, 0.5) is 0 Å². The molecule has 1 aliphatic rings. The normalized spacial score (nSPS) is 29.8. The standard InChI is InChI=1S/C11H23NO2/c1-8(2)6-9(13)7-12-10-4-3-5-11(10)14/h8-14H,3-7H2,1-2H3/t9?,10-,11-/m1/s1. The van der Waals surface area contributed by atoms with Gasteiger partial charge in [0.15, 0.2) is 0 Å². The van der Waals surface area contributed by atoms with E-state index in [0.717, 1.165) is 25.7 Å². The van der Waals surface area contributed by atoms with Crippen LogP contribution in [0.25, 0.3) is 0 Å². The average Bonchev–Trinajstić information content (AvgIpc) is 2.46. The molecule has 14 heavy (non-hydrogen) atoms. The number of hydrogen-bond acceptors (Lipinski definition) is 3. The van der Waals surface area contributed by atoms with Crippen LogP contribution >= 0.6 is 0 Å². The average molecular weight is 201 g/mol. The van der Waals surface area contributed by atoms with Crippen LogP contribution in [0.2, 0.25) is 0 Å². The van der Waals surface area contributed by atoms with Gasteiger partial charge in [0.25, 0.3) is 0 Å². The smallest absolute Gasteiger partial charge is 0.0693 e. The molecule has 3 heteroatoms. The molecular weight excluding hydrogens is 178 g/mol. The van der Waals surface area contributed by atoms with Crippen molar-refractivity contribution >= 4 is 0 Å². The quantitative estimate of drug-likeness (QED) is 0.619. The minimum Gasteiger partial charge on any atom is -0.392 e. The molecule has 0 amide bonds. The first-order valence-electron chi connectivity index (χ1n) is 5.69. The molecule has 0 aromatic rings. The summed E-state index contributed by atoms with van der Waals surface area (Å²) in [7, 11) is 0. The monoisotopic (exact) mass is 201 g/mol. The molecule has 1 saturated carbocycles. The van der Waals surface area contributed by atoms with E-state index in [1.54, 1.807) is 0 Å². The SMILES string of the molecule is CC(C)CC(O)CN[C@@H]1CCC[C@H]1O. The molecule has 1 rings (SSSR count). The van der Waals surface area contributed by atoms with E-state index in [9.17, 15) is 10.2 Å². The Balaban J connectivity index is 2.13. The lowest BCUT2D eigenvalue weighted by Crippen LogP contribution is -2.40. The van der Waals surface area contributed by atoms with Gasteiger partial charge in [-0.3, -0.25) is 0 Å². The van der Waals surface area contributed by atoms with E-state index in [1.165, 1.54) is 0 Å². The van der Waals surface area contributed by atoms with Crippen LogP contribution in [0.3, 0.4) is 0 Å². The van der Waals surface area contributed by atoms with Crippen molar-refractivity contribution in [2.45, 2.75) is 57.8 Å². The number of aliphatic hydroxyl groups is 2. The molecule has 0 aromatic carbocycles. The zero-order chi connectivity index (χ0) is 10.6. The number of aliphatic hydroxyl groups excluding tert-OH is 2. The van der Waals surface area contributed by atoms with Crippen molar-refractivity contribution in [2.75, 3.05) is 6.54 Å². The van der Waals surface area contributed by atoms with E-state index in [0.29, 0.717) is 12.5 Å². The van der Waals surface area contributed by atoms with Crippen molar-refractivity contribution in [1.29, 1.82) is 0 Å². The maximum Gasteiger partial charge on any atom is 0.0693 e. The van der Waals surface area contributed by atoms with Gasteiger partial charge in [-0.25, -0.2) is 0 Å².